The average molecular weight is 562 g/mol. The van der Waals surface area contributed by atoms with E-state index >= 15 is 0 Å². The van der Waals surface area contributed by atoms with E-state index in [1.807, 2.05) is 25.8 Å². The Labute approximate surface area is 240 Å². The third kappa shape index (κ3) is 5.02. The van der Waals surface area contributed by atoms with E-state index in [4.69, 9.17) is 4.98 Å². The topological polar surface area (TPSA) is 84.0 Å². The van der Waals surface area contributed by atoms with Gasteiger partial charge in [0.1, 0.15) is 10.7 Å². The predicted octanol–water partition coefficient (Wildman–Crippen LogP) is 4.26. The summed E-state index contributed by atoms with van der Waals surface area (Å²) >= 11 is 1.50. The van der Waals surface area contributed by atoms with Gasteiger partial charge in [0.15, 0.2) is 11.5 Å². The zero-order valence-corrected chi connectivity index (χ0v) is 25.0. The van der Waals surface area contributed by atoms with E-state index in [1.54, 1.807) is 11.1 Å². The number of carbonyl (C=O) groups excluding carboxylic acids is 1. The number of hydrogen-bond donors (Lipinski definition) is 1. The SMILES string of the molecule is CCN1C(=O)c2nc(C)sc2N(C)c2nc(Nc3ccc(N4CCC(N5CCN(C)CC5)CC4)cc3C)ncc21. The van der Waals surface area contributed by atoms with Crippen molar-refractivity contribution in [3.8, 4) is 0 Å². The first-order valence-corrected chi connectivity index (χ1v) is 15.1. The molecule has 0 atom stereocenters. The summed E-state index contributed by atoms with van der Waals surface area (Å²) in [5, 5.41) is 5.09. The fraction of sp³-hybridized carbons (Fsp3) is 0.517. The maximum absolute atomic E-state index is 13.2. The number of carbonyl (C=O) groups is 1. The van der Waals surface area contributed by atoms with Gasteiger partial charge < -0.3 is 24.9 Å². The normalized spacial score (nSPS) is 19.0. The standard InChI is InChI=1S/C29H39N9OS/c1-6-38-24-18-30-29(33-26(24)35(5)28-25(27(38)39)31-20(3)40-28)32-23-8-7-22(17-19(23)2)36-11-9-21(10-12-36)37-15-13-34(4)14-16-37/h7-8,17-18,21H,6,9-16H2,1-5H3,(H,30,32,33). The van der Waals surface area contributed by atoms with E-state index in [2.05, 4.69) is 62.2 Å². The number of benzene rings is 1. The highest BCUT2D eigenvalue weighted by molar-refractivity contribution is 7.16. The van der Waals surface area contributed by atoms with Crippen LogP contribution in [0.5, 0.6) is 0 Å². The molecule has 40 heavy (non-hydrogen) atoms. The van der Waals surface area contributed by atoms with Crippen LogP contribution in [-0.4, -0.2) is 96.6 Å². The van der Waals surface area contributed by atoms with E-state index in [0.717, 1.165) is 34.3 Å². The van der Waals surface area contributed by atoms with Gasteiger partial charge >= 0.3 is 0 Å². The molecule has 1 amide bonds. The second-order valence-electron chi connectivity index (χ2n) is 11.1. The quantitative estimate of drug-likeness (QED) is 0.491. The van der Waals surface area contributed by atoms with Crippen molar-refractivity contribution in [2.45, 2.75) is 39.7 Å². The van der Waals surface area contributed by atoms with Crippen LogP contribution < -0.4 is 20.0 Å². The second-order valence-corrected chi connectivity index (χ2v) is 12.3. The van der Waals surface area contributed by atoms with Gasteiger partial charge in [-0.25, -0.2) is 9.97 Å². The number of piperidine rings is 1. The molecule has 6 rings (SSSR count). The predicted molar refractivity (Wildman–Crippen MR) is 163 cm³/mol. The fourth-order valence-electron chi connectivity index (χ4n) is 6.08. The Morgan fingerprint density at radius 3 is 2.48 bits per heavy atom. The first-order chi connectivity index (χ1) is 19.3. The van der Waals surface area contributed by atoms with Crippen LogP contribution >= 0.6 is 11.3 Å². The van der Waals surface area contributed by atoms with Crippen LogP contribution in [0, 0.1) is 13.8 Å². The first-order valence-electron chi connectivity index (χ1n) is 14.3. The van der Waals surface area contributed by atoms with Crippen LogP contribution in [0.4, 0.5) is 33.8 Å². The van der Waals surface area contributed by atoms with Gasteiger partial charge in [-0.15, -0.1) is 11.3 Å². The summed E-state index contributed by atoms with van der Waals surface area (Å²) in [6.45, 7) is 13.5. The molecular weight excluding hydrogens is 522 g/mol. The summed E-state index contributed by atoms with van der Waals surface area (Å²) in [6.07, 6.45) is 4.18. The second kappa shape index (κ2) is 10.9. The fourth-order valence-corrected chi connectivity index (χ4v) is 6.95. The van der Waals surface area contributed by atoms with Gasteiger partial charge in [-0.3, -0.25) is 9.69 Å². The summed E-state index contributed by atoms with van der Waals surface area (Å²) in [4.78, 5) is 38.5. The Bertz CT molecular complexity index is 1390. The molecule has 2 saturated heterocycles. The number of aryl methyl sites for hydroxylation is 2. The average Bonchev–Trinajstić information content (AvgIpc) is 3.33. The molecule has 3 aliphatic rings. The van der Waals surface area contributed by atoms with Crippen molar-refractivity contribution >= 4 is 51.1 Å². The van der Waals surface area contributed by atoms with Gasteiger partial charge in [0.25, 0.3) is 5.91 Å². The number of nitrogens with one attached hydrogen (secondary N) is 1. The lowest BCUT2D eigenvalue weighted by molar-refractivity contribution is 0.0982. The molecule has 5 heterocycles. The largest absolute Gasteiger partial charge is 0.371 e. The van der Waals surface area contributed by atoms with Gasteiger partial charge in [0.05, 0.1) is 11.2 Å². The van der Waals surface area contributed by atoms with Crippen LogP contribution in [-0.2, 0) is 0 Å². The minimum Gasteiger partial charge on any atom is -0.371 e. The number of thiazole rings is 1. The number of fused-ring (bicyclic) bond motifs is 2. The van der Waals surface area contributed by atoms with Crippen LogP contribution in [0.1, 0.15) is 40.8 Å². The Balaban J connectivity index is 1.17. The molecule has 11 heteroatoms. The zero-order valence-electron chi connectivity index (χ0n) is 24.1. The molecule has 1 aromatic carbocycles. The Morgan fingerprint density at radius 2 is 1.77 bits per heavy atom. The van der Waals surface area contributed by atoms with E-state index in [0.29, 0.717) is 35.7 Å². The van der Waals surface area contributed by atoms with Gasteiger partial charge in [0.2, 0.25) is 5.95 Å². The number of aromatic nitrogens is 3. The molecule has 2 fully saturated rings. The molecule has 0 aliphatic carbocycles. The molecule has 212 valence electrons. The van der Waals surface area contributed by atoms with Crippen molar-refractivity contribution < 1.29 is 4.79 Å². The van der Waals surface area contributed by atoms with Crippen molar-refractivity contribution in [3.05, 3.63) is 40.7 Å². The van der Waals surface area contributed by atoms with Crippen molar-refractivity contribution in [3.63, 3.8) is 0 Å². The minimum atomic E-state index is -0.115. The molecule has 2 aromatic heterocycles. The van der Waals surface area contributed by atoms with Crippen LogP contribution in [0.3, 0.4) is 0 Å². The molecular formula is C29H39N9OS. The monoisotopic (exact) mass is 561 g/mol. The first kappa shape index (κ1) is 26.9. The Kier molecular flexibility index (Phi) is 7.37. The molecule has 3 aromatic rings. The molecule has 1 N–H and O–H groups in total. The Morgan fingerprint density at radius 1 is 1.02 bits per heavy atom. The van der Waals surface area contributed by atoms with E-state index in [9.17, 15) is 4.79 Å². The van der Waals surface area contributed by atoms with Gasteiger partial charge in [0, 0.05) is 70.3 Å². The summed E-state index contributed by atoms with van der Waals surface area (Å²) < 4.78 is 0. The minimum absolute atomic E-state index is 0.115. The smallest absolute Gasteiger partial charge is 0.280 e. The lowest BCUT2D eigenvalue weighted by atomic mass is 10.0. The third-order valence-corrected chi connectivity index (χ3v) is 9.53. The van der Waals surface area contributed by atoms with E-state index < -0.39 is 0 Å². The summed E-state index contributed by atoms with van der Waals surface area (Å²) in [6, 6.07) is 7.30. The highest BCUT2D eigenvalue weighted by atomic mass is 32.1. The highest BCUT2D eigenvalue weighted by Crippen LogP contribution is 2.41. The molecule has 0 spiro atoms. The maximum Gasteiger partial charge on any atom is 0.280 e. The van der Waals surface area contributed by atoms with Crippen LogP contribution in [0.25, 0.3) is 0 Å². The van der Waals surface area contributed by atoms with E-state index in [-0.39, 0.29) is 5.91 Å². The van der Waals surface area contributed by atoms with E-state index in [1.165, 1.54) is 56.0 Å². The Hall–Kier alpha value is -3.28. The number of likely N-dealkylation sites (N-methyl/N-ethyl adjacent to an activating group) is 1. The van der Waals surface area contributed by atoms with Gasteiger partial charge in [-0.05, 0) is 64.4 Å². The molecule has 0 unspecified atom stereocenters. The number of hydrogen-bond acceptors (Lipinski definition) is 10. The van der Waals surface area contributed by atoms with Crippen molar-refractivity contribution in [1.82, 2.24) is 24.8 Å². The summed E-state index contributed by atoms with van der Waals surface area (Å²) in [5.74, 6) is 1.07. The lowest BCUT2D eigenvalue weighted by Crippen LogP contribution is -2.52. The molecule has 10 nitrogen and oxygen atoms in total. The number of rotatable bonds is 5. The maximum atomic E-state index is 13.2. The molecule has 0 saturated carbocycles. The third-order valence-electron chi connectivity index (χ3n) is 8.48. The van der Waals surface area contributed by atoms with Crippen LogP contribution in [0.15, 0.2) is 24.4 Å². The number of anilines is 6. The van der Waals surface area contributed by atoms with Crippen molar-refractivity contribution in [1.29, 1.82) is 0 Å². The number of amides is 1. The van der Waals surface area contributed by atoms with Gasteiger partial charge in [-0.2, -0.15) is 4.98 Å². The van der Waals surface area contributed by atoms with Gasteiger partial charge in [-0.1, -0.05) is 0 Å². The number of piperazine rings is 1. The summed E-state index contributed by atoms with van der Waals surface area (Å²) in [5.41, 5.74) is 4.56. The van der Waals surface area contributed by atoms with Crippen molar-refractivity contribution in [2.24, 2.45) is 0 Å². The molecule has 0 radical (unpaired) electrons. The zero-order chi connectivity index (χ0) is 28.0. The molecule has 3 aliphatic heterocycles. The highest BCUT2D eigenvalue weighted by Gasteiger charge is 2.33. The van der Waals surface area contributed by atoms with Crippen molar-refractivity contribution in [2.75, 3.05) is 79.9 Å². The number of nitrogens with zero attached hydrogens (tertiary/aromatic N) is 8. The van der Waals surface area contributed by atoms with Crippen LogP contribution in [0.2, 0.25) is 0 Å². The lowest BCUT2D eigenvalue weighted by Gasteiger charge is -2.42. The molecule has 0 bridgehead atoms. The summed E-state index contributed by atoms with van der Waals surface area (Å²) in [7, 11) is 4.16.